The van der Waals surface area contributed by atoms with Gasteiger partial charge in [0.25, 0.3) is 6.02 Å². The molecule has 5 nitrogen and oxygen atoms in total. The third-order valence-electron chi connectivity index (χ3n) is 4.46. The summed E-state index contributed by atoms with van der Waals surface area (Å²) in [5.41, 5.74) is 5.36. The number of alkyl halides is 2. The second kappa shape index (κ2) is 4.71. The minimum atomic E-state index is -3.32. The van der Waals surface area contributed by atoms with Crippen molar-refractivity contribution >= 4 is 6.02 Å². The number of aliphatic imine (C=N–C) groups is 1. The van der Waals surface area contributed by atoms with Crippen LogP contribution in [0.2, 0.25) is 0 Å². The van der Waals surface area contributed by atoms with E-state index in [4.69, 9.17) is 10.5 Å². The van der Waals surface area contributed by atoms with E-state index >= 15 is 8.78 Å². The van der Waals surface area contributed by atoms with Gasteiger partial charge in [-0.05, 0) is 30.0 Å². The van der Waals surface area contributed by atoms with E-state index in [1.807, 2.05) is 12.1 Å². The van der Waals surface area contributed by atoms with Crippen LogP contribution < -0.4 is 5.73 Å². The van der Waals surface area contributed by atoms with Crippen LogP contribution in [0.15, 0.2) is 47.7 Å². The van der Waals surface area contributed by atoms with Gasteiger partial charge in [-0.3, -0.25) is 0 Å². The quantitative estimate of drug-likeness (QED) is 0.876. The van der Waals surface area contributed by atoms with Crippen molar-refractivity contribution in [1.82, 2.24) is 9.97 Å². The predicted octanol–water partition coefficient (Wildman–Crippen LogP) is 2.34. The van der Waals surface area contributed by atoms with Crippen LogP contribution in [-0.4, -0.2) is 21.9 Å². The van der Waals surface area contributed by atoms with Crippen molar-refractivity contribution in [2.45, 2.75) is 30.4 Å². The Morgan fingerprint density at radius 3 is 2.65 bits per heavy atom. The van der Waals surface area contributed by atoms with Crippen molar-refractivity contribution in [3.8, 4) is 0 Å². The molecule has 1 spiro atoms. The number of aromatic nitrogens is 2. The van der Waals surface area contributed by atoms with Crippen LogP contribution in [0.4, 0.5) is 8.78 Å². The summed E-state index contributed by atoms with van der Waals surface area (Å²) in [5, 5.41) is 0. The molecule has 7 heteroatoms. The molecule has 0 saturated carbocycles. The second-order valence-corrected chi connectivity index (χ2v) is 5.70. The Kier molecular flexibility index (Phi) is 2.88. The SMILES string of the molecule is NC1=N[C@@]2(CCc3ccccc32)C(F)(F)C(c2ncccn2)O1. The van der Waals surface area contributed by atoms with Gasteiger partial charge in [0, 0.05) is 12.4 Å². The van der Waals surface area contributed by atoms with Crippen LogP contribution in [-0.2, 0) is 16.7 Å². The standard InChI is InChI=1S/C16H14F2N4O/c17-16(18)12(13-20-8-3-9-21-13)23-14(19)22-15(16)7-6-10-4-1-2-5-11(10)15/h1-5,8-9,12H,6-7H2,(H2,19,22)/t12?,15-/m1/s1. The van der Waals surface area contributed by atoms with E-state index in [0.717, 1.165) is 5.56 Å². The zero-order valence-corrected chi connectivity index (χ0v) is 12.1. The number of aryl methyl sites for hydroxylation is 1. The lowest BCUT2D eigenvalue weighted by Gasteiger charge is -2.41. The second-order valence-electron chi connectivity index (χ2n) is 5.70. The van der Waals surface area contributed by atoms with Gasteiger partial charge in [0.2, 0.25) is 6.10 Å². The van der Waals surface area contributed by atoms with Crippen molar-refractivity contribution < 1.29 is 13.5 Å². The highest BCUT2D eigenvalue weighted by Crippen LogP contribution is 2.57. The minimum absolute atomic E-state index is 0.0980. The van der Waals surface area contributed by atoms with Crippen molar-refractivity contribution in [2.75, 3.05) is 0 Å². The fourth-order valence-electron chi connectivity index (χ4n) is 3.42. The Labute approximate surface area is 131 Å². The highest BCUT2D eigenvalue weighted by atomic mass is 19.3. The minimum Gasteiger partial charge on any atom is -0.447 e. The molecule has 2 atom stereocenters. The largest absolute Gasteiger partial charge is 0.447 e. The first-order chi connectivity index (χ1) is 11.0. The Bertz CT molecular complexity index is 781. The maximum atomic E-state index is 15.4. The highest BCUT2D eigenvalue weighted by Gasteiger charge is 2.66. The van der Waals surface area contributed by atoms with E-state index < -0.39 is 17.6 Å². The summed E-state index contributed by atoms with van der Waals surface area (Å²) in [4.78, 5) is 11.9. The molecule has 2 heterocycles. The molecule has 0 radical (unpaired) electrons. The summed E-state index contributed by atoms with van der Waals surface area (Å²) in [6.45, 7) is 0. The monoisotopic (exact) mass is 316 g/mol. The lowest BCUT2D eigenvalue weighted by Crippen LogP contribution is -2.53. The van der Waals surface area contributed by atoms with Gasteiger partial charge in [-0.2, -0.15) is 8.78 Å². The zero-order chi connectivity index (χ0) is 16.1. The Balaban J connectivity index is 1.90. The van der Waals surface area contributed by atoms with Crippen LogP contribution in [0, 0.1) is 0 Å². The van der Waals surface area contributed by atoms with Gasteiger partial charge < -0.3 is 10.5 Å². The van der Waals surface area contributed by atoms with Gasteiger partial charge in [-0.25, -0.2) is 15.0 Å². The molecule has 1 aromatic heterocycles. The third kappa shape index (κ3) is 1.85. The van der Waals surface area contributed by atoms with Gasteiger partial charge in [0.1, 0.15) is 0 Å². The molecule has 0 fully saturated rings. The molecular weight excluding hydrogens is 302 g/mol. The number of hydrogen-bond acceptors (Lipinski definition) is 5. The number of amidine groups is 1. The lowest BCUT2D eigenvalue weighted by atomic mass is 9.81. The summed E-state index contributed by atoms with van der Waals surface area (Å²) in [6.07, 6.45) is 1.84. The number of ether oxygens (including phenoxy) is 1. The van der Waals surface area contributed by atoms with Gasteiger partial charge in [-0.15, -0.1) is 0 Å². The smallest absolute Gasteiger partial charge is 0.320 e. The summed E-state index contributed by atoms with van der Waals surface area (Å²) < 4.78 is 35.9. The van der Waals surface area contributed by atoms with Crippen LogP contribution in [0.3, 0.4) is 0 Å². The number of nitrogens with zero attached hydrogens (tertiary/aromatic N) is 3. The number of benzene rings is 1. The van der Waals surface area contributed by atoms with E-state index in [1.165, 1.54) is 12.4 Å². The molecule has 1 aliphatic carbocycles. The number of hydrogen-bond donors (Lipinski definition) is 1. The number of rotatable bonds is 1. The van der Waals surface area contributed by atoms with Crippen LogP contribution in [0.25, 0.3) is 0 Å². The lowest BCUT2D eigenvalue weighted by molar-refractivity contribution is -0.173. The molecule has 23 heavy (non-hydrogen) atoms. The van der Waals surface area contributed by atoms with E-state index in [1.54, 1.807) is 18.2 Å². The van der Waals surface area contributed by atoms with Crippen LogP contribution in [0.1, 0.15) is 29.5 Å². The Hall–Kier alpha value is -2.57. The molecule has 0 bridgehead atoms. The van der Waals surface area contributed by atoms with Gasteiger partial charge in [0.05, 0.1) is 0 Å². The molecule has 4 rings (SSSR count). The molecule has 1 unspecified atom stereocenters. The Morgan fingerprint density at radius 2 is 1.87 bits per heavy atom. The fourth-order valence-corrected chi connectivity index (χ4v) is 3.42. The maximum Gasteiger partial charge on any atom is 0.320 e. The number of halogens is 2. The van der Waals surface area contributed by atoms with Crippen molar-refractivity contribution in [3.05, 3.63) is 59.7 Å². The van der Waals surface area contributed by atoms with Crippen molar-refractivity contribution in [2.24, 2.45) is 10.7 Å². The normalized spacial score (nSPS) is 28.1. The van der Waals surface area contributed by atoms with E-state index in [0.29, 0.717) is 12.0 Å². The third-order valence-corrected chi connectivity index (χ3v) is 4.46. The molecule has 0 saturated heterocycles. The van der Waals surface area contributed by atoms with Gasteiger partial charge in [0.15, 0.2) is 11.4 Å². The first-order valence-electron chi connectivity index (χ1n) is 7.30. The first kappa shape index (κ1) is 14.0. The summed E-state index contributed by atoms with van der Waals surface area (Å²) in [7, 11) is 0. The average molecular weight is 316 g/mol. The molecule has 0 amide bonds. The van der Waals surface area contributed by atoms with E-state index in [9.17, 15) is 0 Å². The molecule has 1 aliphatic heterocycles. The summed E-state index contributed by atoms with van der Waals surface area (Å²) in [6, 6.07) is 8.39. The molecule has 2 N–H and O–H groups in total. The predicted molar refractivity (Wildman–Crippen MR) is 78.9 cm³/mol. The van der Waals surface area contributed by atoms with Crippen LogP contribution in [0.5, 0.6) is 0 Å². The molecule has 118 valence electrons. The highest BCUT2D eigenvalue weighted by molar-refractivity contribution is 5.74. The van der Waals surface area contributed by atoms with E-state index in [-0.39, 0.29) is 18.3 Å². The van der Waals surface area contributed by atoms with Gasteiger partial charge in [-0.1, -0.05) is 24.3 Å². The van der Waals surface area contributed by atoms with Crippen molar-refractivity contribution in [1.29, 1.82) is 0 Å². The fraction of sp³-hybridized carbons (Fsp3) is 0.312. The molecular formula is C16H14F2N4O. The molecule has 1 aromatic carbocycles. The first-order valence-corrected chi connectivity index (χ1v) is 7.30. The topological polar surface area (TPSA) is 73.4 Å². The van der Waals surface area contributed by atoms with Crippen molar-refractivity contribution in [3.63, 3.8) is 0 Å². The maximum absolute atomic E-state index is 15.4. The summed E-state index contributed by atoms with van der Waals surface area (Å²) >= 11 is 0. The average Bonchev–Trinajstić information content (AvgIpc) is 2.93. The van der Waals surface area contributed by atoms with Gasteiger partial charge >= 0.3 is 5.92 Å². The molecule has 2 aromatic rings. The summed E-state index contributed by atoms with van der Waals surface area (Å²) in [5.74, 6) is -3.41. The zero-order valence-electron chi connectivity index (χ0n) is 12.1. The molecule has 2 aliphatic rings. The van der Waals surface area contributed by atoms with Crippen LogP contribution >= 0.6 is 0 Å². The van der Waals surface area contributed by atoms with E-state index in [2.05, 4.69) is 15.0 Å². The number of nitrogens with two attached hydrogens (primary N) is 1. The number of fused-ring (bicyclic) bond motifs is 2. The Morgan fingerprint density at radius 1 is 1.13 bits per heavy atom.